The van der Waals surface area contributed by atoms with Crippen molar-refractivity contribution in [1.29, 1.82) is 0 Å². The first-order chi connectivity index (χ1) is 8.62. The van der Waals surface area contributed by atoms with Crippen LogP contribution in [-0.4, -0.2) is 16.4 Å². The molecule has 0 amide bonds. The fourth-order valence-corrected chi connectivity index (χ4v) is 1.45. The van der Waals surface area contributed by atoms with Gasteiger partial charge in [-0.3, -0.25) is 0 Å². The molecule has 1 heterocycles. The van der Waals surface area contributed by atoms with E-state index < -0.39 is 29.9 Å². The topological polar surface area (TPSA) is 28.7 Å². The number of aromatic amines is 1. The third kappa shape index (κ3) is 2.36. The first-order valence-electron chi connectivity index (χ1n) is 4.86. The summed E-state index contributed by atoms with van der Waals surface area (Å²) < 4.78 is 87.3. The Balaban J connectivity index is 2.53. The number of fused-ring (bicyclic) bond motifs is 1. The summed E-state index contributed by atoms with van der Waals surface area (Å²) in [5.41, 5.74) is -1.72. The maximum absolute atomic E-state index is 13.0. The number of nitrogens with one attached hydrogen (secondary N) is 1. The third-order valence-electron chi connectivity index (χ3n) is 2.40. The lowest BCUT2D eigenvalue weighted by Crippen LogP contribution is -2.25. The number of alkyl halides is 7. The highest BCUT2D eigenvalue weighted by atomic mass is 19.4. The number of nitrogens with zero attached hydrogens (tertiary/aromatic N) is 1. The predicted octanol–water partition coefficient (Wildman–Crippen LogP) is 3.94. The lowest BCUT2D eigenvalue weighted by molar-refractivity contribution is -0.140. The Morgan fingerprint density at radius 3 is 2.21 bits per heavy atom. The summed E-state index contributed by atoms with van der Waals surface area (Å²) in [6.45, 7) is 0. The third-order valence-corrected chi connectivity index (χ3v) is 2.40. The fraction of sp³-hybridized carbons (Fsp3) is 0.300. The predicted molar refractivity (Wildman–Crippen MR) is 51.0 cm³/mol. The Morgan fingerprint density at radius 1 is 1.05 bits per heavy atom. The zero-order valence-corrected chi connectivity index (χ0v) is 8.90. The second kappa shape index (κ2) is 4.10. The molecular formula is C10H5F7N2. The number of aromatic nitrogens is 2. The summed E-state index contributed by atoms with van der Waals surface area (Å²) >= 11 is 0. The molecule has 0 fully saturated rings. The molecule has 2 nitrogen and oxygen atoms in total. The monoisotopic (exact) mass is 286 g/mol. The maximum Gasteiger partial charge on any atom is 0.416 e. The van der Waals surface area contributed by atoms with Crippen molar-refractivity contribution in [3.8, 4) is 0 Å². The van der Waals surface area contributed by atoms with Crippen LogP contribution in [0.4, 0.5) is 30.7 Å². The van der Waals surface area contributed by atoms with E-state index >= 15 is 0 Å². The van der Waals surface area contributed by atoms with Gasteiger partial charge < -0.3 is 4.98 Å². The standard InChI is InChI=1S/C10H5F7N2/c11-7(12)9(13,14)8-18-5-2-1-4(10(15,16)17)3-6(5)19-8/h1-3,7H,(H,18,19). The van der Waals surface area contributed by atoms with Gasteiger partial charge in [-0.1, -0.05) is 0 Å². The van der Waals surface area contributed by atoms with Crippen molar-refractivity contribution in [2.75, 3.05) is 0 Å². The number of hydrogen-bond acceptors (Lipinski definition) is 1. The van der Waals surface area contributed by atoms with Gasteiger partial charge >= 0.3 is 18.5 Å². The van der Waals surface area contributed by atoms with Gasteiger partial charge in [0.05, 0.1) is 16.6 Å². The van der Waals surface area contributed by atoms with Gasteiger partial charge in [-0.05, 0) is 18.2 Å². The minimum Gasteiger partial charge on any atom is -0.337 e. The molecular weight excluding hydrogens is 281 g/mol. The molecule has 0 radical (unpaired) electrons. The highest BCUT2D eigenvalue weighted by molar-refractivity contribution is 5.76. The Bertz CT molecular complexity index is 599. The maximum atomic E-state index is 13.0. The minimum atomic E-state index is -4.66. The molecule has 104 valence electrons. The summed E-state index contributed by atoms with van der Waals surface area (Å²) in [6, 6.07) is 2.00. The van der Waals surface area contributed by atoms with Crippen LogP contribution < -0.4 is 0 Å². The van der Waals surface area contributed by atoms with Crippen molar-refractivity contribution in [3.63, 3.8) is 0 Å². The largest absolute Gasteiger partial charge is 0.416 e. The normalized spacial score (nSPS) is 13.5. The van der Waals surface area contributed by atoms with Crippen LogP contribution in [0.5, 0.6) is 0 Å². The van der Waals surface area contributed by atoms with Gasteiger partial charge in [0, 0.05) is 0 Å². The lowest BCUT2D eigenvalue weighted by atomic mass is 10.2. The Morgan fingerprint density at radius 2 is 1.68 bits per heavy atom. The molecule has 19 heavy (non-hydrogen) atoms. The zero-order chi connectivity index (χ0) is 14.4. The van der Waals surface area contributed by atoms with E-state index in [9.17, 15) is 30.7 Å². The van der Waals surface area contributed by atoms with Crippen LogP contribution in [0, 0.1) is 0 Å². The van der Waals surface area contributed by atoms with Gasteiger partial charge in [-0.2, -0.15) is 22.0 Å². The van der Waals surface area contributed by atoms with Crippen LogP contribution in [-0.2, 0) is 12.1 Å². The quantitative estimate of drug-likeness (QED) is 0.832. The van der Waals surface area contributed by atoms with Crippen LogP contribution in [0.3, 0.4) is 0 Å². The molecule has 0 unspecified atom stereocenters. The van der Waals surface area contributed by atoms with Crippen LogP contribution >= 0.6 is 0 Å². The van der Waals surface area contributed by atoms with E-state index in [1.54, 1.807) is 4.98 Å². The first-order valence-corrected chi connectivity index (χ1v) is 4.86. The molecule has 0 aliphatic heterocycles. The van der Waals surface area contributed by atoms with E-state index in [4.69, 9.17) is 0 Å². The van der Waals surface area contributed by atoms with Crippen molar-refractivity contribution >= 4 is 11.0 Å². The summed E-state index contributed by atoms with van der Waals surface area (Å²) in [6.07, 6.45) is -8.67. The molecule has 2 aromatic rings. The van der Waals surface area contributed by atoms with E-state index in [0.717, 1.165) is 6.07 Å². The summed E-state index contributed by atoms with van der Waals surface area (Å²) in [5.74, 6) is -5.91. The first kappa shape index (κ1) is 13.6. The molecule has 1 aromatic carbocycles. The van der Waals surface area contributed by atoms with Gasteiger partial charge in [0.1, 0.15) is 0 Å². The number of H-pyrrole nitrogens is 1. The van der Waals surface area contributed by atoms with Crippen molar-refractivity contribution < 1.29 is 30.7 Å². The molecule has 9 heteroatoms. The van der Waals surface area contributed by atoms with Crippen molar-refractivity contribution in [3.05, 3.63) is 29.6 Å². The highest BCUT2D eigenvalue weighted by Crippen LogP contribution is 2.35. The number of hydrogen-bond donors (Lipinski definition) is 1. The molecule has 0 aliphatic rings. The number of rotatable bonds is 2. The fourth-order valence-electron chi connectivity index (χ4n) is 1.45. The van der Waals surface area contributed by atoms with Gasteiger partial charge in [0.25, 0.3) is 0 Å². The smallest absolute Gasteiger partial charge is 0.337 e. The van der Waals surface area contributed by atoms with Crippen LogP contribution in [0.25, 0.3) is 11.0 Å². The number of halogens is 7. The van der Waals surface area contributed by atoms with Gasteiger partial charge in [0.15, 0.2) is 5.82 Å². The minimum absolute atomic E-state index is 0.247. The molecule has 0 bridgehead atoms. The van der Waals surface area contributed by atoms with Gasteiger partial charge in [-0.25, -0.2) is 13.8 Å². The second-order valence-electron chi connectivity index (χ2n) is 3.74. The highest BCUT2D eigenvalue weighted by Gasteiger charge is 2.46. The second-order valence-corrected chi connectivity index (χ2v) is 3.74. The molecule has 0 spiro atoms. The van der Waals surface area contributed by atoms with E-state index in [1.807, 2.05) is 0 Å². The van der Waals surface area contributed by atoms with Crippen LogP contribution in [0.2, 0.25) is 0 Å². The van der Waals surface area contributed by atoms with Crippen LogP contribution in [0.1, 0.15) is 11.4 Å². The van der Waals surface area contributed by atoms with E-state index in [1.165, 1.54) is 0 Å². The molecule has 2 rings (SSSR count). The molecule has 0 saturated heterocycles. The van der Waals surface area contributed by atoms with Gasteiger partial charge in [0.2, 0.25) is 0 Å². The summed E-state index contributed by atoms with van der Waals surface area (Å²) in [5, 5.41) is 0. The van der Waals surface area contributed by atoms with E-state index in [2.05, 4.69) is 4.98 Å². The molecule has 0 saturated carbocycles. The molecule has 1 aromatic heterocycles. The zero-order valence-electron chi connectivity index (χ0n) is 8.90. The van der Waals surface area contributed by atoms with E-state index in [-0.39, 0.29) is 11.0 Å². The molecule has 0 atom stereocenters. The Kier molecular flexibility index (Phi) is 2.94. The summed E-state index contributed by atoms with van der Waals surface area (Å²) in [4.78, 5) is 4.96. The number of imidazole rings is 1. The van der Waals surface area contributed by atoms with Crippen LogP contribution in [0.15, 0.2) is 18.2 Å². The van der Waals surface area contributed by atoms with Gasteiger partial charge in [-0.15, -0.1) is 0 Å². The average Bonchev–Trinajstić information content (AvgIpc) is 2.70. The van der Waals surface area contributed by atoms with Crippen molar-refractivity contribution in [1.82, 2.24) is 9.97 Å². The summed E-state index contributed by atoms with van der Waals surface area (Å²) in [7, 11) is 0. The van der Waals surface area contributed by atoms with Crippen molar-refractivity contribution in [2.24, 2.45) is 0 Å². The lowest BCUT2D eigenvalue weighted by Gasteiger charge is -2.11. The Labute approximate surface area is 101 Å². The van der Waals surface area contributed by atoms with E-state index in [0.29, 0.717) is 12.1 Å². The SMILES string of the molecule is FC(F)C(F)(F)c1nc2ccc(C(F)(F)F)cc2[nH]1. The molecule has 0 aliphatic carbocycles. The molecule has 1 N–H and O–H groups in total. The Hall–Kier alpha value is -1.80. The number of benzene rings is 1. The van der Waals surface area contributed by atoms with Crippen molar-refractivity contribution in [2.45, 2.75) is 18.5 Å². The average molecular weight is 286 g/mol.